The van der Waals surface area contributed by atoms with Gasteiger partial charge in [0.25, 0.3) is 5.91 Å². The third-order valence-corrected chi connectivity index (χ3v) is 9.55. The highest BCUT2D eigenvalue weighted by molar-refractivity contribution is 7.53. The molecule has 0 aliphatic heterocycles. The van der Waals surface area contributed by atoms with Crippen LogP contribution in [0.2, 0.25) is 0 Å². The van der Waals surface area contributed by atoms with Crippen LogP contribution in [-0.4, -0.2) is 54.2 Å². The molecule has 6 N–H and O–H groups in total. The predicted octanol–water partition coefficient (Wildman–Crippen LogP) is 5.39. The fourth-order valence-electron chi connectivity index (χ4n) is 5.00. The molecule has 45 heavy (non-hydrogen) atoms. The van der Waals surface area contributed by atoms with Crippen LogP contribution in [0.15, 0.2) is 61.1 Å². The summed E-state index contributed by atoms with van der Waals surface area (Å²) in [5.74, 6) is -1.36. The van der Waals surface area contributed by atoms with E-state index in [0.717, 1.165) is 0 Å². The summed E-state index contributed by atoms with van der Waals surface area (Å²) in [6.45, 7) is 3.53. The Hall–Kier alpha value is -4.30. The van der Waals surface area contributed by atoms with Gasteiger partial charge in [-0.05, 0) is 48.2 Å². The molecule has 2 aromatic carbocycles. The van der Waals surface area contributed by atoms with Gasteiger partial charge in [-0.3, -0.25) is 14.0 Å². The van der Waals surface area contributed by atoms with Crippen LogP contribution in [0.4, 0.5) is 36.3 Å². The van der Waals surface area contributed by atoms with Crippen molar-refractivity contribution in [3.8, 4) is 11.1 Å². The third-order valence-electron chi connectivity index (χ3n) is 7.54. The monoisotopic (exact) mass is 647 g/mol. The van der Waals surface area contributed by atoms with E-state index in [1.807, 2.05) is 0 Å². The van der Waals surface area contributed by atoms with Gasteiger partial charge in [-0.25, -0.2) is 4.98 Å². The zero-order valence-corrected chi connectivity index (χ0v) is 25.5. The first-order chi connectivity index (χ1) is 21.3. The van der Waals surface area contributed by atoms with Gasteiger partial charge in [-0.2, -0.15) is 23.3 Å². The number of hydrogen-bond acceptors (Lipinski definition) is 8. The van der Waals surface area contributed by atoms with E-state index in [0.29, 0.717) is 28.6 Å². The molecule has 12 nitrogen and oxygen atoms in total. The average Bonchev–Trinajstić information content (AvgIpc) is 3.46. The number of alkyl halides is 3. The minimum absolute atomic E-state index is 0.0436. The van der Waals surface area contributed by atoms with Crippen molar-refractivity contribution in [2.24, 2.45) is 0 Å². The zero-order valence-electron chi connectivity index (χ0n) is 24.6. The maximum Gasteiger partial charge on any atom is 0.421 e. The standard InChI is InChI=1S/C29H33F3N7O5P/c1-4-28(5-2,45(42,43)44)20-7-9-21(10-8-20)36-27-34-16-23(29(30,31)32)25(38-27)37-24-11-6-18(14-22(24)26(41)33-3)19-15-35-39(17-19)12-13-40/h6-11,14-17,40H,4-5,12-13H2,1-3H3,(H,33,41)(H2,42,43,44)(H2,34,36,37,38). The topological polar surface area (TPSA) is 175 Å². The van der Waals surface area contributed by atoms with Crippen molar-refractivity contribution >= 4 is 36.6 Å². The summed E-state index contributed by atoms with van der Waals surface area (Å²) in [4.78, 5) is 40.7. The Labute approximate surface area is 256 Å². The fourth-order valence-corrected chi connectivity index (χ4v) is 6.31. The van der Waals surface area contributed by atoms with Gasteiger partial charge in [-0.1, -0.05) is 32.0 Å². The number of carbonyl (C=O) groups is 1. The van der Waals surface area contributed by atoms with Gasteiger partial charge >= 0.3 is 13.8 Å². The van der Waals surface area contributed by atoms with Gasteiger partial charge in [0.2, 0.25) is 5.95 Å². The number of nitrogens with zero attached hydrogens (tertiary/aromatic N) is 4. The van der Waals surface area contributed by atoms with E-state index in [1.54, 1.807) is 44.4 Å². The summed E-state index contributed by atoms with van der Waals surface area (Å²) in [6.07, 6.45) is -0.613. The first kappa shape index (κ1) is 33.6. The fraction of sp³-hybridized carbons (Fsp3) is 0.310. The smallest absolute Gasteiger partial charge is 0.394 e. The molecule has 2 aromatic heterocycles. The largest absolute Gasteiger partial charge is 0.421 e. The van der Waals surface area contributed by atoms with E-state index in [2.05, 4.69) is 31.0 Å². The number of amides is 1. The van der Waals surface area contributed by atoms with Crippen molar-refractivity contribution in [1.29, 1.82) is 0 Å². The summed E-state index contributed by atoms with van der Waals surface area (Å²) in [6, 6.07) is 10.7. The lowest BCUT2D eigenvalue weighted by molar-refractivity contribution is -0.137. The van der Waals surface area contributed by atoms with Crippen LogP contribution in [0, 0.1) is 0 Å². The molecule has 4 rings (SSSR count). The second-order valence-electron chi connectivity index (χ2n) is 10.1. The zero-order chi connectivity index (χ0) is 33.0. The molecule has 0 radical (unpaired) electrons. The van der Waals surface area contributed by atoms with E-state index >= 15 is 0 Å². The lowest BCUT2D eigenvalue weighted by atomic mass is 9.92. The van der Waals surface area contributed by atoms with Crippen LogP contribution in [0.3, 0.4) is 0 Å². The molecule has 0 aliphatic rings. The van der Waals surface area contributed by atoms with E-state index in [-0.39, 0.29) is 43.2 Å². The van der Waals surface area contributed by atoms with E-state index in [9.17, 15) is 32.3 Å². The summed E-state index contributed by atoms with van der Waals surface area (Å²) in [5.41, 5.74) is 0.920. The van der Waals surface area contributed by atoms with Crippen LogP contribution in [0.1, 0.15) is 48.2 Å². The number of carbonyl (C=O) groups excluding carboxylic acids is 1. The number of aliphatic hydroxyl groups excluding tert-OH is 1. The number of aromatic nitrogens is 4. The number of halogens is 3. The molecule has 0 unspecified atom stereocenters. The highest BCUT2D eigenvalue weighted by Crippen LogP contribution is 2.60. The van der Waals surface area contributed by atoms with E-state index in [1.165, 1.54) is 36.0 Å². The summed E-state index contributed by atoms with van der Waals surface area (Å²) in [7, 11) is -3.12. The van der Waals surface area contributed by atoms with Crippen molar-refractivity contribution in [2.75, 3.05) is 24.3 Å². The lowest BCUT2D eigenvalue weighted by Crippen LogP contribution is -2.24. The summed E-state index contributed by atoms with van der Waals surface area (Å²) < 4.78 is 55.8. The number of benzene rings is 2. The third kappa shape index (κ3) is 7.17. The van der Waals surface area contributed by atoms with E-state index in [4.69, 9.17) is 5.11 Å². The molecule has 2 heterocycles. The highest BCUT2D eigenvalue weighted by Gasteiger charge is 2.45. The van der Waals surface area contributed by atoms with Crippen LogP contribution in [0.5, 0.6) is 0 Å². The number of anilines is 4. The van der Waals surface area contributed by atoms with Gasteiger partial charge < -0.3 is 30.8 Å². The Balaban J connectivity index is 1.68. The number of rotatable bonds is 12. The minimum atomic E-state index is -4.83. The molecule has 0 saturated heterocycles. The van der Waals surface area contributed by atoms with Gasteiger partial charge in [0, 0.05) is 30.7 Å². The maximum absolute atomic E-state index is 14.0. The minimum Gasteiger partial charge on any atom is -0.394 e. The molecule has 0 atom stereocenters. The molecule has 0 aliphatic carbocycles. The molecule has 0 fully saturated rings. The first-order valence-electron chi connectivity index (χ1n) is 13.9. The van der Waals surface area contributed by atoms with Gasteiger partial charge in [0.1, 0.15) is 11.4 Å². The van der Waals surface area contributed by atoms with Crippen LogP contribution in [0.25, 0.3) is 11.1 Å². The normalized spacial score (nSPS) is 12.2. The summed E-state index contributed by atoms with van der Waals surface area (Å²) >= 11 is 0. The molecule has 4 aromatic rings. The molecule has 0 saturated carbocycles. The molecule has 1 amide bonds. The van der Waals surface area contributed by atoms with E-state index < -0.39 is 36.2 Å². The van der Waals surface area contributed by atoms with Gasteiger partial charge in [0.05, 0.1) is 35.8 Å². The number of hydrogen-bond donors (Lipinski definition) is 6. The Morgan fingerprint density at radius 3 is 2.27 bits per heavy atom. The Morgan fingerprint density at radius 1 is 1.00 bits per heavy atom. The number of nitrogens with one attached hydrogen (secondary N) is 3. The quantitative estimate of drug-likeness (QED) is 0.109. The molecule has 16 heteroatoms. The highest BCUT2D eigenvalue weighted by atomic mass is 31.2. The molecule has 0 bridgehead atoms. The summed E-state index contributed by atoms with van der Waals surface area (Å²) in [5, 5.41) is 19.9. The molecule has 240 valence electrons. The second-order valence-corrected chi connectivity index (χ2v) is 12.1. The first-order valence-corrected chi connectivity index (χ1v) is 15.5. The van der Waals surface area contributed by atoms with Gasteiger partial charge in [-0.15, -0.1) is 0 Å². The van der Waals surface area contributed by atoms with Crippen LogP contribution >= 0.6 is 7.60 Å². The molecular weight excluding hydrogens is 614 g/mol. The van der Waals surface area contributed by atoms with Crippen LogP contribution in [-0.2, 0) is 22.4 Å². The predicted molar refractivity (Wildman–Crippen MR) is 162 cm³/mol. The maximum atomic E-state index is 14.0. The Kier molecular flexibility index (Phi) is 9.98. The lowest BCUT2D eigenvalue weighted by Gasteiger charge is -2.33. The van der Waals surface area contributed by atoms with Crippen molar-refractivity contribution in [3.63, 3.8) is 0 Å². The molecular formula is C29H33F3N7O5P. The van der Waals surface area contributed by atoms with Crippen molar-refractivity contribution in [1.82, 2.24) is 25.1 Å². The number of aliphatic hydroxyl groups is 1. The average molecular weight is 648 g/mol. The van der Waals surface area contributed by atoms with Crippen LogP contribution < -0.4 is 16.0 Å². The van der Waals surface area contributed by atoms with Crippen molar-refractivity contribution < 1.29 is 37.4 Å². The second kappa shape index (κ2) is 13.4. The van der Waals surface area contributed by atoms with Crippen molar-refractivity contribution in [2.45, 2.75) is 44.6 Å². The van der Waals surface area contributed by atoms with Crippen molar-refractivity contribution in [3.05, 3.63) is 77.7 Å². The SMILES string of the molecule is CCC(CC)(c1ccc(Nc2ncc(C(F)(F)F)c(Nc3ccc(-c4cnn(CCO)c4)cc3C(=O)NC)n2)cc1)P(=O)(O)O. The Morgan fingerprint density at radius 2 is 1.69 bits per heavy atom. The molecule has 0 spiro atoms. The Bertz CT molecular complexity index is 1700. The van der Waals surface area contributed by atoms with Gasteiger partial charge in [0.15, 0.2) is 0 Å².